The Labute approximate surface area is 70.5 Å². The minimum absolute atomic E-state index is 0.109. The molecule has 3 heteroatoms. The van der Waals surface area contributed by atoms with Gasteiger partial charge in [-0.1, -0.05) is 24.3 Å². The molecule has 1 radical (unpaired) electrons. The molecule has 0 N–H and O–H groups in total. The van der Waals surface area contributed by atoms with Gasteiger partial charge in [0.2, 0.25) is 0 Å². The summed E-state index contributed by atoms with van der Waals surface area (Å²) in [6, 6.07) is 6.54. The van der Waals surface area contributed by atoms with Crippen molar-refractivity contribution in [2.24, 2.45) is 0 Å². The highest BCUT2D eigenvalue weighted by molar-refractivity contribution is 5.60. The van der Waals surface area contributed by atoms with E-state index in [0.29, 0.717) is 5.56 Å². The zero-order valence-electron chi connectivity index (χ0n) is 6.43. The lowest BCUT2D eigenvalue weighted by atomic mass is 10.2. The molecule has 61 valence electrons. The number of rotatable bonds is 2. The van der Waals surface area contributed by atoms with Crippen molar-refractivity contribution in [1.29, 1.82) is 0 Å². The summed E-state index contributed by atoms with van der Waals surface area (Å²) in [5.74, 6) is 0. The fourth-order valence-electron chi connectivity index (χ4n) is 0.922. The van der Waals surface area contributed by atoms with Crippen LogP contribution in [0.4, 0.5) is 5.69 Å². The fourth-order valence-corrected chi connectivity index (χ4v) is 0.922. The van der Waals surface area contributed by atoms with E-state index in [1.54, 1.807) is 24.3 Å². The Morgan fingerprint density at radius 2 is 2.08 bits per heavy atom. The zero-order chi connectivity index (χ0) is 8.97. The van der Waals surface area contributed by atoms with Crippen molar-refractivity contribution in [3.63, 3.8) is 0 Å². The van der Waals surface area contributed by atoms with Gasteiger partial charge < -0.3 is 0 Å². The van der Waals surface area contributed by atoms with Gasteiger partial charge in [-0.25, -0.2) is 0 Å². The molecule has 0 aliphatic rings. The van der Waals surface area contributed by atoms with Crippen molar-refractivity contribution in [3.05, 3.63) is 52.9 Å². The second-order valence-corrected chi connectivity index (χ2v) is 2.22. The van der Waals surface area contributed by atoms with Gasteiger partial charge in [-0.2, -0.15) is 0 Å². The van der Waals surface area contributed by atoms with Gasteiger partial charge in [0.25, 0.3) is 5.69 Å². The zero-order valence-corrected chi connectivity index (χ0v) is 6.43. The summed E-state index contributed by atoms with van der Waals surface area (Å²) in [6.07, 6.45) is 3.14. The molecule has 0 atom stereocenters. The van der Waals surface area contributed by atoms with Crippen molar-refractivity contribution < 1.29 is 4.92 Å². The first-order valence-electron chi connectivity index (χ1n) is 3.45. The number of hydrogen-bond acceptors (Lipinski definition) is 2. The molecule has 0 aliphatic carbocycles. The Morgan fingerprint density at radius 3 is 2.67 bits per heavy atom. The molecule has 1 aromatic rings. The van der Waals surface area contributed by atoms with Gasteiger partial charge in [0.1, 0.15) is 0 Å². The predicted molar refractivity (Wildman–Crippen MR) is 47.5 cm³/mol. The molecule has 0 aliphatic heterocycles. The third kappa shape index (κ3) is 1.69. The van der Waals surface area contributed by atoms with Gasteiger partial charge in [0.05, 0.1) is 10.5 Å². The van der Waals surface area contributed by atoms with Crippen LogP contribution in [0.5, 0.6) is 0 Å². The number of para-hydroxylation sites is 1. The predicted octanol–water partition coefficient (Wildman–Crippen LogP) is 2.44. The molecule has 1 aromatic carbocycles. The second-order valence-electron chi connectivity index (χ2n) is 2.22. The third-order valence-corrected chi connectivity index (χ3v) is 1.43. The lowest BCUT2D eigenvalue weighted by Crippen LogP contribution is -1.89. The van der Waals surface area contributed by atoms with Crippen molar-refractivity contribution in [2.45, 2.75) is 0 Å². The van der Waals surface area contributed by atoms with E-state index in [0.717, 1.165) is 0 Å². The number of benzene rings is 1. The Balaban J connectivity index is 3.17. The van der Waals surface area contributed by atoms with E-state index in [4.69, 9.17) is 0 Å². The number of nitrogens with zero attached hydrogens (tertiary/aromatic N) is 1. The molecule has 0 amide bonds. The minimum atomic E-state index is -0.407. The molecule has 1 rings (SSSR count). The van der Waals surface area contributed by atoms with Crippen LogP contribution >= 0.6 is 0 Å². The van der Waals surface area contributed by atoms with E-state index in [1.807, 2.05) is 0 Å². The fraction of sp³-hybridized carbons (Fsp3) is 0. The lowest BCUT2D eigenvalue weighted by Gasteiger charge is -1.94. The van der Waals surface area contributed by atoms with E-state index in [-0.39, 0.29) is 5.69 Å². The Bertz CT molecular complexity index is 318. The van der Waals surface area contributed by atoms with Gasteiger partial charge in [-0.05, 0) is 13.0 Å². The van der Waals surface area contributed by atoms with E-state index in [1.165, 1.54) is 12.1 Å². The molecule has 0 unspecified atom stereocenters. The first-order valence-corrected chi connectivity index (χ1v) is 3.45. The Kier molecular flexibility index (Phi) is 2.58. The smallest absolute Gasteiger partial charge is 0.258 e. The van der Waals surface area contributed by atoms with Crippen molar-refractivity contribution in [2.75, 3.05) is 0 Å². The van der Waals surface area contributed by atoms with Crippen LogP contribution in [-0.2, 0) is 0 Å². The van der Waals surface area contributed by atoms with Gasteiger partial charge in [-0.15, -0.1) is 0 Å². The highest BCUT2D eigenvalue weighted by Crippen LogP contribution is 2.18. The number of nitro benzene ring substituents is 1. The SMILES string of the molecule is [CH2]C=Cc1ccccc1[N+](=O)[O-]. The summed E-state index contributed by atoms with van der Waals surface area (Å²) in [5.41, 5.74) is 0.690. The van der Waals surface area contributed by atoms with Crippen LogP contribution in [0.25, 0.3) is 6.08 Å². The monoisotopic (exact) mass is 162 g/mol. The van der Waals surface area contributed by atoms with Crippen molar-refractivity contribution >= 4 is 11.8 Å². The molecule has 0 saturated heterocycles. The molecule has 0 fully saturated rings. The minimum Gasteiger partial charge on any atom is -0.258 e. The summed E-state index contributed by atoms with van der Waals surface area (Å²) < 4.78 is 0. The van der Waals surface area contributed by atoms with E-state index in [9.17, 15) is 10.1 Å². The average molecular weight is 162 g/mol. The van der Waals surface area contributed by atoms with Crippen LogP contribution in [0.1, 0.15) is 5.56 Å². The molecule has 0 heterocycles. The maximum absolute atomic E-state index is 10.4. The summed E-state index contributed by atoms with van der Waals surface area (Å²) in [7, 11) is 0. The molecule has 0 bridgehead atoms. The second kappa shape index (κ2) is 3.67. The molecule has 0 saturated carbocycles. The van der Waals surface area contributed by atoms with Gasteiger partial charge >= 0.3 is 0 Å². The van der Waals surface area contributed by atoms with Gasteiger partial charge in [0.15, 0.2) is 0 Å². The van der Waals surface area contributed by atoms with Crippen LogP contribution in [0.15, 0.2) is 30.3 Å². The Hall–Kier alpha value is -1.64. The van der Waals surface area contributed by atoms with E-state index < -0.39 is 4.92 Å². The van der Waals surface area contributed by atoms with Crippen LogP contribution < -0.4 is 0 Å². The molecular formula is C9H8NO2. The molecular weight excluding hydrogens is 154 g/mol. The van der Waals surface area contributed by atoms with Crippen molar-refractivity contribution in [3.8, 4) is 0 Å². The van der Waals surface area contributed by atoms with Crippen LogP contribution in [0, 0.1) is 17.0 Å². The van der Waals surface area contributed by atoms with Gasteiger partial charge in [0, 0.05) is 6.07 Å². The van der Waals surface area contributed by atoms with E-state index >= 15 is 0 Å². The lowest BCUT2D eigenvalue weighted by molar-refractivity contribution is -0.385. The van der Waals surface area contributed by atoms with Gasteiger partial charge in [-0.3, -0.25) is 10.1 Å². The largest absolute Gasteiger partial charge is 0.276 e. The number of allylic oxidation sites excluding steroid dienone is 1. The summed E-state index contributed by atoms with van der Waals surface area (Å²) in [6.45, 7) is 3.48. The standard InChI is InChI=1S/C9H8NO2/c1-2-5-8-6-3-4-7-9(8)10(11)12/h2-7H,1H2. The number of hydrogen-bond donors (Lipinski definition) is 0. The quantitative estimate of drug-likeness (QED) is 0.495. The van der Waals surface area contributed by atoms with Crippen LogP contribution in [0.2, 0.25) is 0 Å². The summed E-state index contributed by atoms with van der Waals surface area (Å²) >= 11 is 0. The maximum atomic E-state index is 10.4. The summed E-state index contributed by atoms with van der Waals surface area (Å²) in [5, 5.41) is 10.4. The van der Waals surface area contributed by atoms with Crippen LogP contribution in [-0.4, -0.2) is 4.92 Å². The van der Waals surface area contributed by atoms with E-state index in [2.05, 4.69) is 6.92 Å². The van der Waals surface area contributed by atoms with Crippen LogP contribution in [0.3, 0.4) is 0 Å². The highest BCUT2D eigenvalue weighted by Gasteiger charge is 2.08. The first-order chi connectivity index (χ1) is 5.75. The molecule has 0 aromatic heterocycles. The first kappa shape index (κ1) is 8.46. The Morgan fingerprint density at radius 1 is 1.42 bits per heavy atom. The molecule has 3 nitrogen and oxygen atoms in total. The molecule has 0 spiro atoms. The van der Waals surface area contributed by atoms with Crippen molar-refractivity contribution in [1.82, 2.24) is 0 Å². The maximum Gasteiger partial charge on any atom is 0.276 e. The third-order valence-electron chi connectivity index (χ3n) is 1.43. The average Bonchev–Trinajstić information content (AvgIpc) is 2.05. The molecule has 12 heavy (non-hydrogen) atoms. The summed E-state index contributed by atoms with van der Waals surface area (Å²) in [4.78, 5) is 10.0. The highest BCUT2D eigenvalue weighted by atomic mass is 16.6. The number of nitro groups is 1. The topological polar surface area (TPSA) is 43.1 Å². The normalized spacial score (nSPS) is 10.4.